The highest BCUT2D eigenvalue weighted by molar-refractivity contribution is 6.29. The van der Waals surface area contributed by atoms with Crippen molar-refractivity contribution in [2.24, 2.45) is 0 Å². The van der Waals surface area contributed by atoms with Gasteiger partial charge in [0.1, 0.15) is 24.3 Å². The van der Waals surface area contributed by atoms with Gasteiger partial charge in [-0.3, -0.25) is 10.1 Å². The van der Waals surface area contributed by atoms with Crippen LogP contribution in [0.25, 0.3) is 0 Å². The van der Waals surface area contributed by atoms with Crippen LogP contribution in [0.4, 0.5) is 11.5 Å². The third kappa shape index (κ3) is 2.54. The Kier molecular flexibility index (Phi) is 3.47. The first kappa shape index (κ1) is 13.8. The molecule has 2 aromatic rings. The van der Waals surface area contributed by atoms with Gasteiger partial charge >= 0.3 is 11.5 Å². The average molecular weight is 306 g/mol. The Morgan fingerprint density at radius 2 is 2.33 bits per heavy atom. The van der Waals surface area contributed by atoms with Gasteiger partial charge in [-0.05, 0) is 19.1 Å². The smallest absolute Gasteiger partial charge is 0.258 e. The Labute approximate surface area is 126 Å². The zero-order chi connectivity index (χ0) is 15.0. The molecule has 7 heteroatoms. The van der Waals surface area contributed by atoms with Gasteiger partial charge in [0.15, 0.2) is 0 Å². The summed E-state index contributed by atoms with van der Waals surface area (Å²) < 4.78 is 1.95. The van der Waals surface area contributed by atoms with E-state index in [-0.39, 0.29) is 16.7 Å². The first-order valence-corrected chi connectivity index (χ1v) is 6.98. The van der Waals surface area contributed by atoms with E-state index in [1.807, 2.05) is 28.7 Å². The van der Waals surface area contributed by atoms with Crippen LogP contribution < -0.4 is 9.47 Å². The van der Waals surface area contributed by atoms with Crippen LogP contribution in [0.5, 0.6) is 0 Å². The van der Waals surface area contributed by atoms with Crippen LogP contribution in [0.2, 0.25) is 5.15 Å². The molecular formula is C14H14ClN4O2+. The van der Waals surface area contributed by atoms with Crippen LogP contribution in [-0.4, -0.2) is 16.5 Å². The lowest BCUT2D eigenvalue weighted by Crippen LogP contribution is -2.34. The Morgan fingerprint density at radius 3 is 3.00 bits per heavy atom. The fourth-order valence-corrected chi connectivity index (χ4v) is 2.79. The van der Waals surface area contributed by atoms with Gasteiger partial charge in [0.05, 0.1) is 11.1 Å². The van der Waals surface area contributed by atoms with Crippen LogP contribution in [0.1, 0.15) is 18.5 Å². The van der Waals surface area contributed by atoms with Gasteiger partial charge in [-0.25, -0.2) is 14.5 Å². The lowest BCUT2D eigenvalue weighted by molar-refractivity contribution is -0.695. The maximum atomic E-state index is 11.2. The number of nitro groups is 1. The minimum absolute atomic E-state index is 0.128. The second-order valence-corrected chi connectivity index (χ2v) is 5.49. The van der Waals surface area contributed by atoms with E-state index in [4.69, 9.17) is 11.6 Å². The number of nitrogens with zero attached hydrogens (tertiary/aromatic N) is 4. The predicted octanol–water partition coefficient (Wildman–Crippen LogP) is 2.51. The summed E-state index contributed by atoms with van der Waals surface area (Å²) in [4.78, 5) is 17.0. The van der Waals surface area contributed by atoms with E-state index in [2.05, 4.69) is 4.98 Å². The molecule has 1 atom stereocenters. The van der Waals surface area contributed by atoms with E-state index in [1.165, 1.54) is 6.07 Å². The highest BCUT2D eigenvalue weighted by atomic mass is 35.5. The van der Waals surface area contributed by atoms with Gasteiger partial charge in [0, 0.05) is 17.8 Å². The van der Waals surface area contributed by atoms with E-state index >= 15 is 0 Å². The Morgan fingerprint density at radius 1 is 1.52 bits per heavy atom. The van der Waals surface area contributed by atoms with Gasteiger partial charge in [0.25, 0.3) is 0 Å². The summed E-state index contributed by atoms with van der Waals surface area (Å²) in [5, 5.41) is 11.7. The highest BCUT2D eigenvalue weighted by Crippen LogP contribution is 2.31. The van der Waals surface area contributed by atoms with Crippen molar-refractivity contribution in [2.75, 3.05) is 11.4 Å². The summed E-state index contributed by atoms with van der Waals surface area (Å²) in [5.74, 6) is 0.643. The molecule has 0 bridgehead atoms. The van der Waals surface area contributed by atoms with Crippen LogP contribution in [0.15, 0.2) is 36.7 Å². The van der Waals surface area contributed by atoms with E-state index in [0.29, 0.717) is 17.5 Å². The number of pyridine rings is 2. The van der Waals surface area contributed by atoms with E-state index in [9.17, 15) is 10.1 Å². The van der Waals surface area contributed by atoms with Crippen molar-refractivity contribution in [3.63, 3.8) is 0 Å². The van der Waals surface area contributed by atoms with E-state index in [1.54, 1.807) is 18.3 Å². The lowest BCUT2D eigenvalue weighted by atomic mass is 10.2. The Hall–Kier alpha value is -2.21. The number of fused-ring (bicyclic) bond motifs is 1. The van der Waals surface area contributed by atoms with Crippen molar-refractivity contribution in [2.45, 2.75) is 19.5 Å². The molecule has 0 fully saturated rings. The molecule has 1 aliphatic rings. The first-order valence-electron chi connectivity index (χ1n) is 6.60. The van der Waals surface area contributed by atoms with Gasteiger partial charge in [0.2, 0.25) is 0 Å². The minimum Gasteiger partial charge on any atom is -0.258 e. The molecule has 2 aromatic heterocycles. The number of anilines is 1. The molecule has 0 spiro atoms. The second kappa shape index (κ2) is 5.29. The maximum Gasteiger partial charge on any atom is 0.357 e. The van der Waals surface area contributed by atoms with Crippen LogP contribution in [-0.2, 0) is 6.54 Å². The van der Waals surface area contributed by atoms with Crippen LogP contribution >= 0.6 is 11.6 Å². The van der Waals surface area contributed by atoms with Crippen molar-refractivity contribution in [1.29, 1.82) is 0 Å². The van der Waals surface area contributed by atoms with Gasteiger partial charge in [-0.1, -0.05) is 17.7 Å². The van der Waals surface area contributed by atoms with Crippen molar-refractivity contribution >= 4 is 23.1 Å². The Balaban J connectivity index is 1.97. The summed E-state index contributed by atoms with van der Waals surface area (Å²) in [5.41, 5.74) is 1.10. The lowest BCUT2D eigenvalue weighted by Gasteiger charge is -2.10. The average Bonchev–Trinajstić information content (AvgIpc) is 2.78. The molecule has 108 valence electrons. The molecule has 6 nitrogen and oxygen atoms in total. The summed E-state index contributed by atoms with van der Waals surface area (Å²) >= 11 is 5.78. The highest BCUT2D eigenvalue weighted by Gasteiger charge is 2.40. The fraction of sp³-hybridized carbons (Fsp3) is 0.286. The molecule has 0 aromatic carbocycles. The zero-order valence-electron chi connectivity index (χ0n) is 11.4. The van der Waals surface area contributed by atoms with Crippen molar-refractivity contribution in [3.8, 4) is 0 Å². The maximum absolute atomic E-state index is 11.2. The number of hydrogen-bond acceptors (Lipinski definition) is 4. The third-order valence-electron chi connectivity index (χ3n) is 3.59. The summed E-state index contributed by atoms with van der Waals surface area (Å²) in [6.07, 6.45) is 3.58. The summed E-state index contributed by atoms with van der Waals surface area (Å²) in [7, 11) is 0. The van der Waals surface area contributed by atoms with E-state index < -0.39 is 0 Å². The van der Waals surface area contributed by atoms with Gasteiger partial charge in [-0.2, -0.15) is 0 Å². The molecule has 3 heterocycles. The fourth-order valence-electron chi connectivity index (χ4n) is 2.68. The van der Waals surface area contributed by atoms with Crippen molar-refractivity contribution in [3.05, 3.63) is 57.5 Å². The normalized spacial score (nSPS) is 16.9. The largest absolute Gasteiger partial charge is 0.357 e. The third-order valence-corrected chi connectivity index (χ3v) is 3.82. The standard InChI is InChI=1S/C14H14ClN4O2/c1-10-8-17(9-11-4-5-13(15)16-7-11)14-12(19(20)21)3-2-6-18(10)14/h2-7,10H,8-9H2,1H3/q+1. The van der Waals surface area contributed by atoms with Crippen molar-refractivity contribution in [1.82, 2.24) is 4.98 Å². The molecule has 0 radical (unpaired) electrons. The summed E-state index contributed by atoms with van der Waals surface area (Å²) in [6, 6.07) is 7.06. The molecule has 0 saturated heterocycles. The SMILES string of the molecule is CC1CN(Cc2ccc(Cl)nc2)c2c([N+](=O)[O-])ccc[n+]21. The molecule has 3 rings (SSSR count). The number of rotatable bonds is 3. The quantitative estimate of drug-likeness (QED) is 0.378. The first-order chi connectivity index (χ1) is 10.1. The number of halogens is 1. The van der Waals surface area contributed by atoms with Gasteiger partial charge < -0.3 is 0 Å². The topological polar surface area (TPSA) is 63.1 Å². The number of aromatic nitrogens is 2. The summed E-state index contributed by atoms with van der Waals surface area (Å²) in [6.45, 7) is 3.35. The van der Waals surface area contributed by atoms with E-state index in [0.717, 1.165) is 12.1 Å². The molecule has 1 unspecified atom stereocenters. The number of hydrogen-bond donors (Lipinski definition) is 0. The molecule has 21 heavy (non-hydrogen) atoms. The molecule has 0 N–H and O–H groups in total. The second-order valence-electron chi connectivity index (χ2n) is 5.10. The van der Waals surface area contributed by atoms with Crippen LogP contribution in [0, 0.1) is 10.1 Å². The van der Waals surface area contributed by atoms with Gasteiger partial charge in [-0.15, -0.1) is 0 Å². The van der Waals surface area contributed by atoms with Crippen molar-refractivity contribution < 1.29 is 9.49 Å². The Bertz CT molecular complexity index is 690. The minimum atomic E-state index is -0.336. The molecule has 0 aliphatic carbocycles. The zero-order valence-corrected chi connectivity index (χ0v) is 12.2. The molecular weight excluding hydrogens is 292 g/mol. The van der Waals surface area contributed by atoms with Crippen LogP contribution in [0.3, 0.4) is 0 Å². The predicted molar refractivity (Wildman–Crippen MR) is 78.3 cm³/mol. The monoisotopic (exact) mass is 305 g/mol. The molecule has 0 saturated carbocycles. The molecule has 0 amide bonds. The molecule has 1 aliphatic heterocycles.